The number of nitrogens with one attached hydrogen (secondary N) is 1. The van der Waals surface area contributed by atoms with Crippen LogP contribution in [0.2, 0.25) is 0 Å². The van der Waals surface area contributed by atoms with Gasteiger partial charge in [0, 0.05) is 55.1 Å². The number of ether oxygens (including phenoxy) is 2. The Balaban J connectivity index is 1.35. The molecule has 0 saturated carbocycles. The van der Waals surface area contributed by atoms with Crippen LogP contribution in [0.5, 0.6) is 11.5 Å². The zero-order valence-corrected chi connectivity index (χ0v) is 15.5. The van der Waals surface area contributed by atoms with Crippen molar-refractivity contribution in [2.75, 3.05) is 45.3 Å². The SMILES string of the molecule is COc1cc(OC)cc(N2CCC(NC3CCN4CCCC4C3)C2)c1. The molecule has 25 heavy (non-hydrogen) atoms. The van der Waals surface area contributed by atoms with Gasteiger partial charge >= 0.3 is 0 Å². The summed E-state index contributed by atoms with van der Waals surface area (Å²) >= 11 is 0. The van der Waals surface area contributed by atoms with Gasteiger partial charge in [-0.05, 0) is 45.2 Å². The van der Waals surface area contributed by atoms with E-state index in [1.165, 1.54) is 50.9 Å². The number of piperidine rings is 1. The van der Waals surface area contributed by atoms with Crippen molar-refractivity contribution in [3.63, 3.8) is 0 Å². The van der Waals surface area contributed by atoms with Crippen LogP contribution in [0.3, 0.4) is 0 Å². The second-order valence-corrected chi connectivity index (χ2v) is 7.72. The average Bonchev–Trinajstić information content (AvgIpc) is 3.30. The molecule has 0 aliphatic carbocycles. The van der Waals surface area contributed by atoms with Crippen molar-refractivity contribution in [3.8, 4) is 11.5 Å². The molecule has 1 aromatic rings. The van der Waals surface area contributed by atoms with Gasteiger partial charge < -0.3 is 24.6 Å². The minimum atomic E-state index is 0.593. The third-order valence-corrected chi connectivity index (χ3v) is 6.18. The van der Waals surface area contributed by atoms with E-state index in [-0.39, 0.29) is 0 Å². The molecule has 3 aliphatic heterocycles. The zero-order valence-electron chi connectivity index (χ0n) is 15.5. The van der Waals surface area contributed by atoms with E-state index in [0.717, 1.165) is 30.6 Å². The van der Waals surface area contributed by atoms with E-state index in [2.05, 4.69) is 27.2 Å². The number of anilines is 1. The lowest BCUT2D eigenvalue weighted by atomic mass is 9.97. The predicted molar refractivity (Wildman–Crippen MR) is 101 cm³/mol. The molecule has 0 radical (unpaired) electrons. The molecule has 3 atom stereocenters. The quantitative estimate of drug-likeness (QED) is 0.887. The minimum Gasteiger partial charge on any atom is -0.497 e. The molecule has 4 rings (SSSR count). The van der Waals surface area contributed by atoms with Crippen LogP contribution in [0.15, 0.2) is 18.2 Å². The molecule has 3 fully saturated rings. The molecule has 5 heteroatoms. The summed E-state index contributed by atoms with van der Waals surface area (Å²) in [5.74, 6) is 1.72. The lowest BCUT2D eigenvalue weighted by Gasteiger charge is -2.36. The Morgan fingerprint density at radius 1 is 0.920 bits per heavy atom. The van der Waals surface area contributed by atoms with Gasteiger partial charge in [-0.1, -0.05) is 0 Å². The van der Waals surface area contributed by atoms with E-state index >= 15 is 0 Å². The fourth-order valence-corrected chi connectivity index (χ4v) is 4.81. The van der Waals surface area contributed by atoms with Gasteiger partial charge in [-0.2, -0.15) is 0 Å². The molecule has 3 aliphatic rings. The Labute approximate surface area is 151 Å². The van der Waals surface area contributed by atoms with Crippen LogP contribution in [0.1, 0.15) is 32.1 Å². The summed E-state index contributed by atoms with van der Waals surface area (Å²) in [5, 5.41) is 3.96. The van der Waals surface area contributed by atoms with Crippen LogP contribution < -0.4 is 19.7 Å². The predicted octanol–water partition coefficient (Wildman–Crippen LogP) is 2.50. The maximum Gasteiger partial charge on any atom is 0.124 e. The second kappa shape index (κ2) is 7.42. The maximum atomic E-state index is 5.42. The highest BCUT2D eigenvalue weighted by atomic mass is 16.5. The summed E-state index contributed by atoms with van der Waals surface area (Å²) in [6, 6.07) is 8.29. The summed E-state index contributed by atoms with van der Waals surface area (Å²) in [6.45, 7) is 4.77. The summed E-state index contributed by atoms with van der Waals surface area (Å²) in [5.41, 5.74) is 1.20. The van der Waals surface area contributed by atoms with E-state index in [1.807, 2.05) is 6.07 Å². The van der Waals surface area contributed by atoms with Crippen LogP contribution in [0.25, 0.3) is 0 Å². The summed E-state index contributed by atoms with van der Waals surface area (Å²) in [7, 11) is 3.42. The second-order valence-electron chi connectivity index (χ2n) is 7.72. The number of methoxy groups -OCH3 is 2. The third kappa shape index (κ3) is 3.72. The molecule has 1 aromatic carbocycles. The highest BCUT2D eigenvalue weighted by molar-refractivity contribution is 5.56. The fraction of sp³-hybridized carbons (Fsp3) is 0.700. The highest BCUT2D eigenvalue weighted by Crippen LogP contribution is 2.31. The number of hydrogen-bond donors (Lipinski definition) is 1. The Hall–Kier alpha value is -1.46. The average molecular weight is 345 g/mol. The molecular weight excluding hydrogens is 314 g/mol. The fourth-order valence-electron chi connectivity index (χ4n) is 4.81. The van der Waals surface area contributed by atoms with Crippen molar-refractivity contribution < 1.29 is 9.47 Å². The highest BCUT2D eigenvalue weighted by Gasteiger charge is 2.33. The van der Waals surface area contributed by atoms with Crippen LogP contribution in [-0.2, 0) is 0 Å². The lowest BCUT2D eigenvalue weighted by Crippen LogP contribution is -2.49. The molecule has 0 amide bonds. The van der Waals surface area contributed by atoms with Crippen LogP contribution in [-0.4, -0.2) is 63.4 Å². The molecule has 138 valence electrons. The minimum absolute atomic E-state index is 0.593. The monoisotopic (exact) mass is 345 g/mol. The van der Waals surface area contributed by atoms with Gasteiger partial charge in [-0.3, -0.25) is 0 Å². The summed E-state index contributed by atoms with van der Waals surface area (Å²) in [4.78, 5) is 5.15. The van der Waals surface area contributed by atoms with E-state index in [1.54, 1.807) is 14.2 Å². The van der Waals surface area contributed by atoms with Crippen molar-refractivity contribution in [2.24, 2.45) is 0 Å². The molecule has 3 unspecified atom stereocenters. The van der Waals surface area contributed by atoms with E-state index in [0.29, 0.717) is 12.1 Å². The number of benzene rings is 1. The maximum absolute atomic E-state index is 5.42. The number of nitrogens with zero attached hydrogens (tertiary/aromatic N) is 2. The van der Waals surface area contributed by atoms with Crippen molar-refractivity contribution in [3.05, 3.63) is 18.2 Å². The topological polar surface area (TPSA) is 37.0 Å². The summed E-state index contributed by atoms with van der Waals surface area (Å²) < 4.78 is 10.8. The van der Waals surface area contributed by atoms with E-state index in [9.17, 15) is 0 Å². The van der Waals surface area contributed by atoms with Gasteiger partial charge in [-0.25, -0.2) is 0 Å². The first-order valence-corrected chi connectivity index (χ1v) is 9.73. The van der Waals surface area contributed by atoms with Gasteiger partial charge in [0.1, 0.15) is 11.5 Å². The molecule has 3 heterocycles. The number of rotatable bonds is 5. The molecular formula is C20H31N3O2. The smallest absolute Gasteiger partial charge is 0.124 e. The molecule has 0 bridgehead atoms. The van der Waals surface area contributed by atoms with Crippen LogP contribution >= 0.6 is 0 Å². The standard InChI is InChI=1S/C20H31N3O2/c1-24-19-11-18(12-20(13-19)25-2)23-9-6-16(14-23)21-15-5-8-22-7-3-4-17(22)10-15/h11-13,15-17,21H,3-10,14H2,1-2H3. The lowest BCUT2D eigenvalue weighted by molar-refractivity contribution is 0.162. The van der Waals surface area contributed by atoms with Gasteiger partial charge in [0.2, 0.25) is 0 Å². The molecule has 3 saturated heterocycles. The normalized spacial score (nSPS) is 29.7. The largest absolute Gasteiger partial charge is 0.497 e. The summed E-state index contributed by atoms with van der Waals surface area (Å²) in [6.07, 6.45) is 6.65. The van der Waals surface area contributed by atoms with Gasteiger partial charge in [0.15, 0.2) is 0 Å². The van der Waals surface area contributed by atoms with Crippen LogP contribution in [0, 0.1) is 0 Å². The van der Waals surface area contributed by atoms with Gasteiger partial charge in [0.25, 0.3) is 0 Å². The molecule has 5 nitrogen and oxygen atoms in total. The number of fused-ring (bicyclic) bond motifs is 1. The Kier molecular flexibility index (Phi) is 5.04. The Morgan fingerprint density at radius 3 is 2.44 bits per heavy atom. The van der Waals surface area contributed by atoms with Crippen molar-refractivity contribution >= 4 is 5.69 Å². The Bertz CT molecular complexity index is 572. The Morgan fingerprint density at radius 2 is 1.68 bits per heavy atom. The van der Waals surface area contributed by atoms with E-state index in [4.69, 9.17) is 9.47 Å². The number of hydrogen-bond acceptors (Lipinski definition) is 5. The van der Waals surface area contributed by atoms with Gasteiger partial charge in [0.05, 0.1) is 14.2 Å². The first kappa shape index (κ1) is 17.0. The first-order chi connectivity index (χ1) is 12.2. The zero-order chi connectivity index (χ0) is 17.2. The molecule has 0 aromatic heterocycles. The molecule has 0 spiro atoms. The van der Waals surface area contributed by atoms with Crippen LogP contribution in [0.4, 0.5) is 5.69 Å². The molecule has 1 N–H and O–H groups in total. The van der Waals surface area contributed by atoms with Crippen molar-refractivity contribution in [1.29, 1.82) is 0 Å². The first-order valence-electron chi connectivity index (χ1n) is 9.73. The van der Waals surface area contributed by atoms with E-state index < -0.39 is 0 Å². The van der Waals surface area contributed by atoms with Crippen molar-refractivity contribution in [1.82, 2.24) is 10.2 Å². The third-order valence-electron chi connectivity index (χ3n) is 6.18. The van der Waals surface area contributed by atoms with Crippen molar-refractivity contribution in [2.45, 2.75) is 50.2 Å². The van der Waals surface area contributed by atoms with Gasteiger partial charge in [-0.15, -0.1) is 0 Å².